The van der Waals surface area contributed by atoms with Crippen LogP contribution in [0.3, 0.4) is 0 Å². The van der Waals surface area contributed by atoms with Crippen molar-refractivity contribution < 1.29 is 0 Å². The molecule has 19 heavy (non-hydrogen) atoms. The minimum Gasteiger partial charge on any atom is -0.310 e. The Morgan fingerprint density at radius 1 is 1.11 bits per heavy atom. The number of aromatic nitrogens is 1. The average molecular weight is 252 g/mol. The first-order valence-corrected chi connectivity index (χ1v) is 7.12. The quantitative estimate of drug-likeness (QED) is 0.880. The normalized spacial score (nSPS) is 14.6. The molecule has 0 radical (unpaired) electrons. The van der Waals surface area contributed by atoms with Gasteiger partial charge in [-0.3, -0.25) is 4.98 Å². The van der Waals surface area contributed by atoms with E-state index in [1.807, 2.05) is 12.4 Å². The van der Waals surface area contributed by atoms with Crippen molar-refractivity contribution in [3.8, 4) is 11.1 Å². The molecule has 0 spiro atoms. The van der Waals surface area contributed by atoms with Crippen LogP contribution in [-0.2, 0) is 13.0 Å². The number of hydrogen-bond acceptors (Lipinski definition) is 2. The molecule has 1 saturated carbocycles. The van der Waals surface area contributed by atoms with Crippen molar-refractivity contribution in [2.75, 3.05) is 0 Å². The van der Waals surface area contributed by atoms with Gasteiger partial charge in [0, 0.05) is 30.5 Å². The summed E-state index contributed by atoms with van der Waals surface area (Å²) < 4.78 is 0. The minimum absolute atomic E-state index is 0.743. The first-order valence-electron chi connectivity index (χ1n) is 7.12. The molecular weight excluding hydrogens is 232 g/mol. The summed E-state index contributed by atoms with van der Waals surface area (Å²) in [5, 5.41) is 3.53. The number of nitrogens with one attached hydrogen (secondary N) is 1. The summed E-state index contributed by atoms with van der Waals surface area (Å²) in [6.45, 7) is 3.12. The predicted octanol–water partition coefficient (Wildman–Crippen LogP) is 3.56. The van der Waals surface area contributed by atoms with Gasteiger partial charge in [-0.25, -0.2) is 0 Å². The molecule has 98 valence electrons. The average Bonchev–Trinajstić information content (AvgIpc) is 3.30. The second-order valence-electron chi connectivity index (χ2n) is 5.29. The van der Waals surface area contributed by atoms with E-state index in [4.69, 9.17) is 0 Å². The van der Waals surface area contributed by atoms with Crippen molar-refractivity contribution >= 4 is 0 Å². The molecule has 0 atom stereocenters. The summed E-state index contributed by atoms with van der Waals surface area (Å²) in [6, 6.07) is 11.7. The molecule has 0 bridgehead atoms. The Morgan fingerprint density at radius 3 is 2.74 bits per heavy atom. The molecular formula is C17H20N2. The Balaban J connectivity index is 1.80. The van der Waals surface area contributed by atoms with Gasteiger partial charge in [-0.1, -0.05) is 31.2 Å². The van der Waals surface area contributed by atoms with E-state index < -0.39 is 0 Å². The summed E-state index contributed by atoms with van der Waals surface area (Å²) in [7, 11) is 0. The van der Waals surface area contributed by atoms with Gasteiger partial charge in [-0.15, -0.1) is 0 Å². The molecule has 1 aliphatic rings. The molecule has 1 aromatic heterocycles. The zero-order chi connectivity index (χ0) is 13.1. The van der Waals surface area contributed by atoms with Gasteiger partial charge in [0.2, 0.25) is 0 Å². The minimum atomic E-state index is 0.743. The molecule has 1 heterocycles. The third-order valence-corrected chi connectivity index (χ3v) is 3.64. The Morgan fingerprint density at radius 2 is 1.95 bits per heavy atom. The van der Waals surface area contributed by atoms with E-state index >= 15 is 0 Å². The third kappa shape index (κ3) is 3.21. The molecule has 1 aliphatic carbocycles. The molecule has 2 heteroatoms. The van der Waals surface area contributed by atoms with Crippen LogP contribution in [0.2, 0.25) is 0 Å². The third-order valence-electron chi connectivity index (χ3n) is 3.64. The first kappa shape index (κ1) is 12.4. The number of hydrogen-bond donors (Lipinski definition) is 1. The Labute approximate surface area is 114 Å². The zero-order valence-electron chi connectivity index (χ0n) is 11.4. The number of pyridine rings is 1. The van der Waals surface area contributed by atoms with Crippen LogP contribution in [0.4, 0.5) is 0 Å². The van der Waals surface area contributed by atoms with Gasteiger partial charge in [0.25, 0.3) is 0 Å². The van der Waals surface area contributed by atoms with Crippen LogP contribution in [-0.4, -0.2) is 11.0 Å². The summed E-state index contributed by atoms with van der Waals surface area (Å²) in [6.07, 6.45) is 7.64. The summed E-state index contributed by atoms with van der Waals surface area (Å²) in [5.41, 5.74) is 5.12. The van der Waals surface area contributed by atoms with Crippen molar-refractivity contribution in [3.05, 3.63) is 53.9 Å². The highest BCUT2D eigenvalue weighted by atomic mass is 14.9. The lowest BCUT2D eigenvalue weighted by atomic mass is 10.0. The van der Waals surface area contributed by atoms with Gasteiger partial charge in [0.05, 0.1) is 0 Å². The van der Waals surface area contributed by atoms with Gasteiger partial charge >= 0.3 is 0 Å². The van der Waals surface area contributed by atoms with E-state index in [1.54, 1.807) is 0 Å². The molecule has 3 rings (SSSR count). The number of nitrogens with zero attached hydrogens (tertiary/aromatic N) is 1. The maximum Gasteiger partial charge on any atom is 0.0346 e. The van der Waals surface area contributed by atoms with Gasteiger partial charge < -0.3 is 5.32 Å². The number of rotatable bonds is 5. The highest BCUT2D eigenvalue weighted by molar-refractivity contribution is 5.63. The van der Waals surface area contributed by atoms with Crippen molar-refractivity contribution in [3.63, 3.8) is 0 Å². The van der Waals surface area contributed by atoms with E-state index in [1.165, 1.54) is 35.1 Å². The van der Waals surface area contributed by atoms with Crippen LogP contribution in [0.5, 0.6) is 0 Å². The monoisotopic (exact) mass is 252 g/mol. The highest BCUT2D eigenvalue weighted by Gasteiger charge is 2.19. The van der Waals surface area contributed by atoms with Crippen LogP contribution in [0, 0.1) is 0 Å². The Hall–Kier alpha value is -1.67. The molecule has 0 saturated heterocycles. The molecule has 0 aliphatic heterocycles. The van der Waals surface area contributed by atoms with Crippen LogP contribution in [0.15, 0.2) is 42.7 Å². The number of benzene rings is 1. The van der Waals surface area contributed by atoms with Gasteiger partial charge in [-0.05, 0) is 42.0 Å². The molecule has 1 fully saturated rings. The lowest BCUT2D eigenvalue weighted by molar-refractivity contribution is 0.686. The van der Waals surface area contributed by atoms with Gasteiger partial charge in [0.15, 0.2) is 0 Å². The molecule has 0 unspecified atom stereocenters. The number of aryl methyl sites for hydroxylation is 1. The van der Waals surface area contributed by atoms with Crippen molar-refractivity contribution in [2.24, 2.45) is 0 Å². The second kappa shape index (κ2) is 5.54. The fraction of sp³-hybridized carbons (Fsp3) is 0.353. The largest absolute Gasteiger partial charge is 0.310 e. The topological polar surface area (TPSA) is 24.9 Å². The Bertz CT molecular complexity index is 559. The molecule has 2 nitrogen and oxygen atoms in total. The van der Waals surface area contributed by atoms with Gasteiger partial charge in [0.1, 0.15) is 0 Å². The van der Waals surface area contributed by atoms with Crippen LogP contribution >= 0.6 is 0 Å². The summed E-state index contributed by atoms with van der Waals surface area (Å²) in [4.78, 5) is 4.37. The summed E-state index contributed by atoms with van der Waals surface area (Å²) >= 11 is 0. The van der Waals surface area contributed by atoms with Crippen molar-refractivity contribution in [2.45, 2.75) is 38.8 Å². The Kier molecular flexibility index (Phi) is 3.60. The lowest BCUT2D eigenvalue weighted by Crippen LogP contribution is -2.15. The molecule has 2 aromatic rings. The predicted molar refractivity (Wildman–Crippen MR) is 78.9 cm³/mol. The van der Waals surface area contributed by atoms with E-state index in [0.29, 0.717) is 0 Å². The van der Waals surface area contributed by atoms with Crippen LogP contribution in [0.1, 0.15) is 30.9 Å². The standard InChI is InChI=1S/C17H20N2/c1-2-13-4-3-5-15(8-13)16-9-14(10-18-12-16)11-19-17-6-7-17/h3-5,8-10,12,17,19H,2,6-7,11H2,1H3. The van der Waals surface area contributed by atoms with Crippen LogP contribution in [0.25, 0.3) is 11.1 Å². The first-order chi connectivity index (χ1) is 9.35. The lowest BCUT2D eigenvalue weighted by Gasteiger charge is -2.07. The fourth-order valence-corrected chi connectivity index (χ4v) is 2.26. The van der Waals surface area contributed by atoms with E-state index in [2.05, 4.69) is 47.6 Å². The summed E-state index contributed by atoms with van der Waals surface area (Å²) in [5.74, 6) is 0. The van der Waals surface area contributed by atoms with Crippen molar-refractivity contribution in [1.82, 2.24) is 10.3 Å². The molecule has 1 aromatic carbocycles. The molecule has 1 N–H and O–H groups in total. The molecule has 0 amide bonds. The second-order valence-corrected chi connectivity index (χ2v) is 5.29. The van der Waals surface area contributed by atoms with Crippen LogP contribution < -0.4 is 5.32 Å². The fourth-order valence-electron chi connectivity index (χ4n) is 2.26. The van der Waals surface area contributed by atoms with E-state index in [9.17, 15) is 0 Å². The van der Waals surface area contributed by atoms with Crippen molar-refractivity contribution in [1.29, 1.82) is 0 Å². The zero-order valence-corrected chi connectivity index (χ0v) is 11.4. The van der Waals surface area contributed by atoms with E-state index in [-0.39, 0.29) is 0 Å². The smallest absolute Gasteiger partial charge is 0.0346 e. The SMILES string of the molecule is CCc1cccc(-c2cncc(CNC3CC3)c2)c1. The maximum absolute atomic E-state index is 4.37. The highest BCUT2D eigenvalue weighted by Crippen LogP contribution is 2.22. The maximum atomic E-state index is 4.37. The van der Waals surface area contributed by atoms with Gasteiger partial charge in [-0.2, -0.15) is 0 Å². The van der Waals surface area contributed by atoms with E-state index in [0.717, 1.165) is 19.0 Å².